The molecular formula is C27H28N4O3. The minimum atomic E-state index is -0.103. The van der Waals surface area contributed by atoms with Crippen LogP contribution in [0, 0.1) is 0 Å². The van der Waals surface area contributed by atoms with Crippen LogP contribution in [0.15, 0.2) is 85.2 Å². The minimum absolute atomic E-state index is 0.0993. The number of carbonyl (C=O) groups excluding carboxylic acids is 1. The number of benzene rings is 2. The molecule has 34 heavy (non-hydrogen) atoms. The number of rotatable bonds is 8. The highest BCUT2D eigenvalue weighted by atomic mass is 16.5. The van der Waals surface area contributed by atoms with Crippen LogP contribution in [0.2, 0.25) is 0 Å². The number of pyridine rings is 1. The maximum absolute atomic E-state index is 13.1. The number of aromatic nitrogens is 2. The third kappa shape index (κ3) is 5.44. The van der Waals surface area contributed by atoms with Crippen LogP contribution >= 0.6 is 0 Å². The zero-order chi connectivity index (χ0) is 23.2. The van der Waals surface area contributed by atoms with Gasteiger partial charge in [-0.25, -0.2) is 4.98 Å². The van der Waals surface area contributed by atoms with E-state index in [1.807, 2.05) is 65.3 Å². The second-order valence-electron chi connectivity index (χ2n) is 8.36. The summed E-state index contributed by atoms with van der Waals surface area (Å²) in [4.78, 5) is 19.9. The first kappa shape index (κ1) is 22.1. The van der Waals surface area contributed by atoms with Crippen molar-refractivity contribution in [2.75, 3.05) is 32.8 Å². The van der Waals surface area contributed by atoms with Crippen molar-refractivity contribution >= 4 is 11.6 Å². The Kier molecular flexibility index (Phi) is 6.84. The molecule has 0 unspecified atom stereocenters. The quantitative estimate of drug-likeness (QED) is 0.438. The van der Waals surface area contributed by atoms with E-state index in [4.69, 9.17) is 9.47 Å². The van der Waals surface area contributed by atoms with Crippen LogP contribution < -0.4 is 10.1 Å². The highest BCUT2D eigenvalue weighted by Gasteiger charge is 2.20. The molecule has 0 radical (unpaired) electrons. The van der Waals surface area contributed by atoms with Crippen LogP contribution in [-0.2, 0) is 11.3 Å². The van der Waals surface area contributed by atoms with Crippen molar-refractivity contribution in [2.45, 2.75) is 12.6 Å². The number of carbonyl (C=O) groups is 1. The maximum atomic E-state index is 13.1. The monoisotopic (exact) mass is 456 g/mol. The number of morpholine rings is 1. The van der Waals surface area contributed by atoms with E-state index in [1.165, 1.54) is 0 Å². The van der Waals surface area contributed by atoms with Gasteiger partial charge in [-0.2, -0.15) is 0 Å². The van der Waals surface area contributed by atoms with Gasteiger partial charge in [0.15, 0.2) is 0 Å². The fraction of sp³-hybridized carbons (Fsp3) is 0.259. The highest BCUT2D eigenvalue weighted by Crippen LogP contribution is 2.18. The van der Waals surface area contributed by atoms with Crippen molar-refractivity contribution in [2.24, 2.45) is 0 Å². The van der Waals surface area contributed by atoms with Gasteiger partial charge in [-0.15, -0.1) is 0 Å². The van der Waals surface area contributed by atoms with Crippen molar-refractivity contribution < 1.29 is 14.3 Å². The molecule has 0 bridgehead atoms. The number of nitrogens with zero attached hydrogens (tertiary/aromatic N) is 3. The lowest BCUT2D eigenvalue weighted by Gasteiger charge is -2.31. The topological polar surface area (TPSA) is 68.1 Å². The molecule has 5 rings (SSSR count). The molecule has 0 saturated carbocycles. The molecule has 1 N–H and O–H groups in total. The van der Waals surface area contributed by atoms with Crippen LogP contribution in [0.4, 0.5) is 0 Å². The highest BCUT2D eigenvalue weighted by molar-refractivity contribution is 5.94. The van der Waals surface area contributed by atoms with Crippen molar-refractivity contribution in [3.05, 3.63) is 102 Å². The number of ether oxygens (including phenoxy) is 2. The van der Waals surface area contributed by atoms with Crippen molar-refractivity contribution in [1.29, 1.82) is 0 Å². The van der Waals surface area contributed by atoms with E-state index in [0.717, 1.165) is 49.8 Å². The number of hydrogen-bond acceptors (Lipinski definition) is 5. The molecule has 0 aliphatic carbocycles. The van der Waals surface area contributed by atoms with Gasteiger partial charge in [0.1, 0.15) is 18.0 Å². The van der Waals surface area contributed by atoms with Gasteiger partial charge >= 0.3 is 0 Å². The summed E-state index contributed by atoms with van der Waals surface area (Å²) in [6.45, 7) is 4.31. The summed E-state index contributed by atoms with van der Waals surface area (Å²) in [6.07, 6.45) is 3.91. The first-order valence-corrected chi connectivity index (χ1v) is 11.6. The maximum Gasteiger partial charge on any atom is 0.251 e. The second-order valence-corrected chi connectivity index (χ2v) is 8.36. The Labute approximate surface area is 198 Å². The van der Waals surface area contributed by atoms with E-state index >= 15 is 0 Å². The Hall–Kier alpha value is -3.68. The van der Waals surface area contributed by atoms with E-state index in [1.54, 1.807) is 12.1 Å². The molecule has 4 aromatic rings. The molecule has 1 atom stereocenters. The molecule has 3 heterocycles. The Morgan fingerprint density at radius 1 is 1.00 bits per heavy atom. The Morgan fingerprint density at radius 2 is 1.76 bits per heavy atom. The molecule has 1 fully saturated rings. The minimum Gasteiger partial charge on any atom is -0.487 e. The van der Waals surface area contributed by atoms with Crippen LogP contribution in [-0.4, -0.2) is 53.0 Å². The van der Waals surface area contributed by atoms with Gasteiger partial charge < -0.3 is 19.2 Å². The summed E-state index contributed by atoms with van der Waals surface area (Å²) >= 11 is 0. The molecule has 2 aromatic heterocycles. The number of amides is 1. The molecular weight excluding hydrogens is 428 g/mol. The smallest absolute Gasteiger partial charge is 0.251 e. The standard InChI is InChI=1S/C27H28N4O3/c32-27(29-25(21-6-2-1-3-7-21)19-30-14-16-33-17-15-30)22-9-11-24(12-10-22)34-20-23-18-31-13-5-4-8-26(31)28-23/h1-13,18,25H,14-17,19-20H2,(H,29,32)/t25-/m1/s1. The average molecular weight is 457 g/mol. The number of imidazole rings is 1. The van der Waals surface area contributed by atoms with E-state index in [0.29, 0.717) is 17.9 Å². The largest absolute Gasteiger partial charge is 0.487 e. The molecule has 174 valence electrons. The van der Waals surface area contributed by atoms with Crippen LogP contribution in [0.1, 0.15) is 27.7 Å². The number of fused-ring (bicyclic) bond motifs is 1. The number of nitrogens with one attached hydrogen (secondary N) is 1. The van der Waals surface area contributed by atoms with Gasteiger partial charge in [-0.1, -0.05) is 36.4 Å². The van der Waals surface area contributed by atoms with E-state index < -0.39 is 0 Å². The van der Waals surface area contributed by atoms with Gasteiger partial charge in [0.25, 0.3) is 5.91 Å². The summed E-state index contributed by atoms with van der Waals surface area (Å²) in [5.41, 5.74) is 3.43. The van der Waals surface area contributed by atoms with E-state index in [2.05, 4.69) is 27.3 Å². The summed E-state index contributed by atoms with van der Waals surface area (Å²) in [5.74, 6) is 0.593. The van der Waals surface area contributed by atoms with Gasteiger partial charge in [-0.3, -0.25) is 9.69 Å². The first-order valence-electron chi connectivity index (χ1n) is 11.6. The van der Waals surface area contributed by atoms with Gasteiger partial charge in [0.05, 0.1) is 24.9 Å². The lowest BCUT2D eigenvalue weighted by Crippen LogP contribution is -2.43. The summed E-state index contributed by atoms with van der Waals surface area (Å²) in [5, 5.41) is 3.21. The van der Waals surface area contributed by atoms with E-state index in [-0.39, 0.29) is 11.9 Å². The predicted molar refractivity (Wildman–Crippen MR) is 130 cm³/mol. The molecule has 7 nitrogen and oxygen atoms in total. The average Bonchev–Trinajstić information content (AvgIpc) is 3.32. The Bertz CT molecular complexity index is 1180. The summed E-state index contributed by atoms with van der Waals surface area (Å²) < 4.78 is 13.3. The molecule has 2 aromatic carbocycles. The SMILES string of the molecule is O=C(N[C@H](CN1CCOCC1)c1ccccc1)c1ccc(OCc2cn3ccccc3n2)cc1. The molecule has 1 aliphatic rings. The van der Waals surface area contributed by atoms with Crippen molar-refractivity contribution in [1.82, 2.24) is 19.6 Å². The van der Waals surface area contributed by atoms with Gasteiger partial charge in [-0.05, 0) is 42.0 Å². The van der Waals surface area contributed by atoms with Crippen LogP contribution in [0.5, 0.6) is 5.75 Å². The normalized spacial score (nSPS) is 15.2. The van der Waals surface area contributed by atoms with Crippen molar-refractivity contribution in [3.63, 3.8) is 0 Å². The fourth-order valence-corrected chi connectivity index (χ4v) is 4.12. The third-order valence-corrected chi connectivity index (χ3v) is 5.97. The molecule has 1 aliphatic heterocycles. The lowest BCUT2D eigenvalue weighted by atomic mass is 10.1. The van der Waals surface area contributed by atoms with Gasteiger partial charge in [0, 0.05) is 37.6 Å². The molecule has 0 spiro atoms. The Morgan fingerprint density at radius 3 is 2.53 bits per heavy atom. The third-order valence-electron chi connectivity index (χ3n) is 5.97. The molecule has 7 heteroatoms. The Balaban J connectivity index is 1.22. The summed E-state index contributed by atoms with van der Waals surface area (Å²) in [7, 11) is 0. The molecule has 1 amide bonds. The first-order chi connectivity index (χ1) is 16.7. The van der Waals surface area contributed by atoms with Crippen LogP contribution in [0.25, 0.3) is 5.65 Å². The van der Waals surface area contributed by atoms with E-state index in [9.17, 15) is 4.79 Å². The fourth-order valence-electron chi connectivity index (χ4n) is 4.12. The second kappa shape index (κ2) is 10.5. The predicted octanol–water partition coefficient (Wildman–Crippen LogP) is 3.72. The zero-order valence-electron chi connectivity index (χ0n) is 19.0. The number of hydrogen-bond donors (Lipinski definition) is 1. The lowest BCUT2D eigenvalue weighted by molar-refractivity contribution is 0.0332. The van der Waals surface area contributed by atoms with Gasteiger partial charge in [0.2, 0.25) is 0 Å². The molecule has 1 saturated heterocycles. The zero-order valence-corrected chi connectivity index (χ0v) is 19.0. The summed E-state index contributed by atoms with van der Waals surface area (Å²) in [6, 6.07) is 23.1. The van der Waals surface area contributed by atoms with Crippen LogP contribution in [0.3, 0.4) is 0 Å². The van der Waals surface area contributed by atoms with Crippen molar-refractivity contribution in [3.8, 4) is 5.75 Å².